The average molecular weight is 420 g/mol. The molecule has 0 saturated carbocycles. The van der Waals surface area contributed by atoms with Crippen molar-refractivity contribution >= 4 is 34.6 Å². The first-order valence-corrected chi connectivity index (χ1v) is 9.76. The molecule has 3 rings (SSSR count). The SMILES string of the molecule is COc1ccccc1N1CC[NH+]([C@@H](C)C(=O)Nc2cc([N+](=O)[O-])ccc2Cl)CC1. The predicted octanol–water partition coefficient (Wildman–Crippen LogP) is 1.99. The fourth-order valence-electron chi connectivity index (χ4n) is 3.51. The Kier molecular flexibility index (Phi) is 6.56. The lowest BCUT2D eigenvalue weighted by atomic mass is 10.2. The molecule has 2 aromatic carbocycles. The van der Waals surface area contributed by atoms with Gasteiger partial charge in [-0.25, -0.2) is 0 Å². The molecule has 0 radical (unpaired) electrons. The minimum absolute atomic E-state index is 0.116. The molecule has 1 saturated heterocycles. The van der Waals surface area contributed by atoms with E-state index < -0.39 is 4.92 Å². The van der Waals surface area contributed by atoms with Gasteiger partial charge in [0.15, 0.2) is 6.04 Å². The maximum absolute atomic E-state index is 12.7. The highest BCUT2D eigenvalue weighted by atomic mass is 35.5. The van der Waals surface area contributed by atoms with Crippen LogP contribution in [-0.2, 0) is 4.79 Å². The van der Waals surface area contributed by atoms with Gasteiger partial charge in [-0.3, -0.25) is 14.9 Å². The number of rotatable bonds is 6. The molecule has 1 heterocycles. The van der Waals surface area contributed by atoms with E-state index in [1.165, 1.54) is 18.2 Å². The third-order valence-corrected chi connectivity index (χ3v) is 5.59. The monoisotopic (exact) mass is 419 g/mol. The van der Waals surface area contributed by atoms with Gasteiger partial charge in [0.05, 0.1) is 54.6 Å². The second-order valence-corrected chi connectivity index (χ2v) is 7.36. The van der Waals surface area contributed by atoms with Crippen LogP contribution in [-0.4, -0.2) is 50.2 Å². The van der Waals surface area contributed by atoms with Crippen molar-refractivity contribution in [3.63, 3.8) is 0 Å². The molecule has 1 aliphatic heterocycles. The summed E-state index contributed by atoms with van der Waals surface area (Å²) in [5.41, 5.74) is 1.19. The number of amides is 1. The van der Waals surface area contributed by atoms with Crippen LogP contribution in [0.2, 0.25) is 5.02 Å². The third-order valence-electron chi connectivity index (χ3n) is 5.26. The van der Waals surface area contributed by atoms with E-state index in [0.29, 0.717) is 0 Å². The van der Waals surface area contributed by atoms with Crippen LogP contribution < -0.4 is 19.9 Å². The summed E-state index contributed by atoms with van der Waals surface area (Å²) in [7, 11) is 1.66. The second-order valence-electron chi connectivity index (χ2n) is 6.95. The third kappa shape index (κ3) is 4.78. The summed E-state index contributed by atoms with van der Waals surface area (Å²) < 4.78 is 5.44. The molecule has 0 bridgehead atoms. The van der Waals surface area contributed by atoms with Gasteiger partial charge in [0, 0.05) is 12.1 Å². The van der Waals surface area contributed by atoms with Gasteiger partial charge < -0.3 is 19.9 Å². The number of nitro groups is 1. The normalized spacial score (nSPS) is 15.6. The average Bonchev–Trinajstić information content (AvgIpc) is 2.74. The van der Waals surface area contributed by atoms with E-state index >= 15 is 0 Å². The van der Waals surface area contributed by atoms with Crippen LogP contribution in [0.5, 0.6) is 5.75 Å². The van der Waals surface area contributed by atoms with E-state index in [1.54, 1.807) is 7.11 Å². The molecule has 1 atom stereocenters. The Bertz CT molecular complexity index is 900. The predicted molar refractivity (Wildman–Crippen MR) is 112 cm³/mol. The minimum Gasteiger partial charge on any atom is -0.495 e. The molecular weight excluding hydrogens is 396 g/mol. The second kappa shape index (κ2) is 9.11. The van der Waals surface area contributed by atoms with Gasteiger partial charge in [0.1, 0.15) is 5.75 Å². The van der Waals surface area contributed by atoms with Crippen LogP contribution >= 0.6 is 11.6 Å². The molecule has 154 valence electrons. The minimum atomic E-state index is -0.516. The van der Waals surface area contributed by atoms with Crippen molar-refractivity contribution in [2.75, 3.05) is 43.5 Å². The van der Waals surface area contributed by atoms with Gasteiger partial charge in [-0.05, 0) is 25.1 Å². The lowest BCUT2D eigenvalue weighted by molar-refractivity contribution is -0.914. The van der Waals surface area contributed by atoms with Gasteiger partial charge in [-0.15, -0.1) is 0 Å². The van der Waals surface area contributed by atoms with E-state index in [0.717, 1.165) is 42.5 Å². The van der Waals surface area contributed by atoms with Gasteiger partial charge in [-0.1, -0.05) is 23.7 Å². The van der Waals surface area contributed by atoms with Crippen molar-refractivity contribution in [3.8, 4) is 5.75 Å². The number of nitrogens with zero attached hydrogens (tertiary/aromatic N) is 2. The molecular formula is C20H24ClN4O4+. The van der Waals surface area contributed by atoms with Crippen molar-refractivity contribution in [1.29, 1.82) is 0 Å². The molecule has 0 aliphatic carbocycles. The Morgan fingerprint density at radius 3 is 2.62 bits per heavy atom. The number of carbonyl (C=O) groups excluding carboxylic acids is 1. The van der Waals surface area contributed by atoms with Crippen LogP contribution in [0.15, 0.2) is 42.5 Å². The van der Waals surface area contributed by atoms with Crippen molar-refractivity contribution in [1.82, 2.24) is 0 Å². The summed E-state index contributed by atoms with van der Waals surface area (Å²) in [6.07, 6.45) is 0. The lowest BCUT2D eigenvalue weighted by Crippen LogP contribution is -3.19. The number of hydrogen-bond acceptors (Lipinski definition) is 5. The van der Waals surface area contributed by atoms with Crippen LogP contribution in [0.3, 0.4) is 0 Å². The first-order chi connectivity index (χ1) is 13.9. The summed E-state index contributed by atoms with van der Waals surface area (Å²) in [6, 6.07) is 11.6. The summed E-state index contributed by atoms with van der Waals surface area (Å²) in [5, 5.41) is 14.0. The molecule has 1 fully saturated rings. The molecule has 2 aromatic rings. The van der Waals surface area contributed by atoms with Crippen molar-refractivity contribution in [2.24, 2.45) is 0 Å². The number of halogens is 1. The van der Waals surface area contributed by atoms with Crippen molar-refractivity contribution in [3.05, 3.63) is 57.6 Å². The van der Waals surface area contributed by atoms with Crippen molar-refractivity contribution < 1.29 is 19.4 Å². The zero-order chi connectivity index (χ0) is 21.0. The zero-order valence-electron chi connectivity index (χ0n) is 16.4. The largest absolute Gasteiger partial charge is 0.495 e. The van der Waals surface area contributed by atoms with Crippen molar-refractivity contribution in [2.45, 2.75) is 13.0 Å². The number of piperazine rings is 1. The maximum Gasteiger partial charge on any atom is 0.282 e. The first-order valence-electron chi connectivity index (χ1n) is 9.38. The number of methoxy groups -OCH3 is 1. The van der Waals surface area contributed by atoms with Gasteiger partial charge in [0.2, 0.25) is 0 Å². The van der Waals surface area contributed by atoms with Crippen LogP contribution in [0.25, 0.3) is 0 Å². The van der Waals surface area contributed by atoms with Crippen LogP contribution in [0, 0.1) is 10.1 Å². The number of para-hydroxylation sites is 2. The molecule has 1 aliphatic rings. The first kappa shape index (κ1) is 20.9. The molecule has 2 N–H and O–H groups in total. The number of quaternary nitrogens is 1. The van der Waals surface area contributed by atoms with E-state index in [9.17, 15) is 14.9 Å². The number of hydrogen-bond donors (Lipinski definition) is 2. The molecule has 0 aromatic heterocycles. The zero-order valence-corrected chi connectivity index (χ0v) is 17.1. The summed E-state index contributed by atoms with van der Waals surface area (Å²) in [5.74, 6) is 0.621. The topological polar surface area (TPSA) is 89.2 Å². The Balaban J connectivity index is 1.62. The fourth-order valence-corrected chi connectivity index (χ4v) is 3.67. The summed E-state index contributed by atoms with van der Waals surface area (Å²) in [4.78, 5) is 26.5. The number of non-ortho nitro benzene ring substituents is 1. The lowest BCUT2D eigenvalue weighted by Gasteiger charge is -2.36. The summed E-state index contributed by atoms with van der Waals surface area (Å²) in [6.45, 7) is 5.02. The number of nitro benzene ring substituents is 1. The quantitative estimate of drug-likeness (QED) is 0.552. The van der Waals surface area contributed by atoms with E-state index in [4.69, 9.17) is 16.3 Å². The Morgan fingerprint density at radius 2 is 1.97 bits per heavy atom. The molecule has 29 heavy (non-hydrogen) atoms. The number of ether oxygens (including phenoxy) is 1. The molecule has 9 heteroatoms. The summed E-state index contributed by atoms with van der Waals surface area (Å²) >= 11 is 6.09. The molecule has 1 amide bonds. The van der Waals surface area contributed by atoms with Gasteiger partial charge >= 0.3 is 0 Å². The molecule has 0 spiro atoms. The molecule has 8 nitrogen and oxygen atoms in total. The number of benzene rings is 2. The van der Waals surface area contributed by atoms with E-state index in [-0.39, 0.29) is 28.3 Å². The fraction of sp³-hybridized carbons (Fsp3) is 0.350. The van der Waals surface area contributed by atoms with Crippen LogP contribution in [0.1, 0.15) is 6.92 Å². The van der Waals surface area contributed by atoms with E-state index in [2.05, 4.69) is 10.2 Å². The highest BCUT2D eigenvalue weighted by molar-refractivity contribution is 6.33. The smallest absolute Gasteiger partial charge is 0.282 e. The Hall–Kier alpha value is -2.84. The standard InChI is InChI=1S/C20H23ClN4O4/c1-14(20(26)22-17-13-15(25(27)28)7-8-16(17)21)23-9-11-24(12-10-23)18-5-3-4-6-19(18)29-2/h3-8,13-14H,9-12H2,1-2H3,(H,22,26)/p+1/t14-/m0/s1. The van der Waals surface area contributed by atoms with Crippen LogP contribution in [0.4, 0.5) is 17.1 Å². The number of anilines is 2. The Labute approximate surface area is 174 Å². The highest BCUT2D eigenvalue weighted by Gasteiger charge is 2.30. The van der Waals surface area contributed by atoms with Gasteiger partial charge in [-0.2, -0.15) is 0 Å². The maximum atomic E-state index is 12.7. The number of nitrogens with one attached hydrogen (secondary N) is 2. The Morgan fingerprint density at radius 1 is 1.28 bits per heavy atom. The van der Waals surface area contributed by atoms with E-state index in [1.807, 2.05) is 31.2 Å². The molecule has 0 unspecified atom stereocenters. The highest BCUT2D eigenvalue weighted by Crippen LogP contribution is 2.28. The van der Waals surface area contributed by atoms with Gasteiger partial charge in [0.25, 0.3) is 11.6 Å². The number of carbonyl (C=O) groups is 1.